The summed E-state index contributed by atoms with van der Waals surface area (Å²) in [6.07, 6.45) is 5.51. The van der Waals surface area contributed by atoms with Gasteiger partial charge in [0, 0.05) is 36.8 Å². The monoisotopic (exact) mass is 329 g/mol. The minimum atomic E-state index is -0.607. The van der Waals surface area contributed by atoms with Crippen LogP contribution in [0.4, 0.5) is 9.18 Å². The van der Waals surface area contributed by atoms with Crippen LogP contribution in [-0.2, 0) is 0 Å². The van der Waals surface area contributed by atoms with Crippen molar-refractivity contribution < 1.29 is 9.18 Å². The van der Waals surface area contributed by atoms with E-state index in [4.69, 9.17) is 11.5 Å². The third kappa shape index (κ3) is 4.03. The lowest BCUT2D eigenvalue weighted by molar-refractivity contribution is 0.247. The largest absolute Gasteiger partial charge is 0.396 e. The van der Waals surface area contributed by atoms with Crippen LogP contribution in [0, 0.1) is 5.82 Å². The summed E-state index contributed by atoms with van der Waals surface area (Å²) < 4.78 is 14.0. The minimum absolute atomic E-state index is 0.0320. The van der Waals surface area contributed by atoms with Crippen molar-refractivity contribution in [1.29, 1.82) is 0 Å². The van der Waals surface area contributed by atoms with Gasteiger partial charge >= 0.3 is 6.03 Å². The normalized spacial score (nSPS) is 12.3. The molecule has 0 aliphatic heterocycles. The van der Waals surface area contributed by atoms with E-state index < -0.39 is 11.8 Å². The molecule has 2 aromatic heterocycles. The number of guanidine groups is 1. The molecule has 2 aromatic rings. The number of carbonyl (C=O) groups is 1. The summed E-state index contributed by atoms with van der Waals surface area (Å²) in [6.45, 7) is 0. The number of aromatic nitrogens is 2. The smallest absolute Gasteiger partial charge is 0.321 e. The van der Waals surface area contributed by atoms with Crippen LogP contribution in [0.2, 0.25) is 0 Å². The topological polar surface area (TPSA) is 131 Å². The SMILES string of the molecule is CNC(=O)NC(N)=N/C(=C(\N)c1ccncc1F)c1cccnc1. The van der Waals surface area contributed by atoms with Gasteiger partial charge in [-0.25, -0.2) is 14.2 Å². The molecular weight excluding hydrogens is 313 g/mol. The second kappa shape index (κ2) is 7.68. The van der Waals surface area contributed by atoms with Crippen LogP contribution >= 0.6 is 0 Å². The first-order valence-corrected chi connectivity index (χ1v) is 6.86. The molecule has 0 aliphatic carbocycles. The van der Waals surface area contributed by atoms with Crippen molar-refractivity contribution in [3.05, 3.63) is 59.9 Å². The number of aliphatic imine (C=N–C) groups is 1. The first kappa shape index (κ1) is 16.9. The summed E-state index contributed by atoms with van der Waals surface area (Å²) in [5.74, 6) is -0.810. The molecule has 0 unspecified atom stereocenters. The van der Waals surface area contributed by atoms with Crippen LogP contribution in [0.15, 0.2) is 48.0 Å². The van der Waals surface area contributed by atoms with Crippen molar-refractivity contribution in [3.8, 4) is 0 Å². The lowest BCUT2D eigenvalue weighted by Gasteiger charge is -2.11. The fourth-order valence-corrected chi connectivity index (χ4v) is 1.83. The van der Waals surface area contributed by atoms with E-state index in [0.29, 0.717) is 5.56 Å². The van der Waals surface area contributed by atoms with E-state index in [2.05, 4.69) is 25.6 Å². The highest BCUT2D eigenvalue weighted by Gasteiger charge is 2.13. The summed E-state index contributed by atoms with van der Waals surface area (Å²) >= 11 is 0. The zero-order chi connectivity index (χ0) is 17.5. The van der Waals surface area contributed by atoms with Gasteiger partial charge in [0.25, 0.3) is 0 Å². The van der Waals surface area contributed by atoms with Crippen molar-refractivity contribution in [2.45, 2.75) is 0 Å². The zero-order valence-electron chi connectivity index (χ0n) is 12.8. The van der Waals surface area contributed by atoms with E-state index in [-0.39, 0.29) is 22.9 Å². The molecule has 124 valence electrons. The Balaban J connectivity index is 2.56. The molecule has 9 heteroatoms. The van der Waals surface area contributed by atoms with Gasteiger partial charge in [-0.15, -0.1) is 0 Å². The Kier molecular flexibility index (Phi) is 5.40. The fourth-order valence-electron chi connectivity index (χ4n) is 1.83. The predicted molar refractivity (Wildman–Crippen MR) is 88.6 cm³/mol. The summed E-state index contributed by atoms with van der Waals surface area (Å²) in [5, 5.41) is 4.65. The maximum absolute atomic E-state index is 14.0. The lowest BCUT2D eigenvalue weighted by Crippen LogP contribution is -2.41. The number of nitrogens with two attached hydrogens (primary N) is 2. The van der Waals surface area contributed by atoms with Gasteiger partial charge in [0.2, 0.25) is 5.96 Å². The van der Waals surface area contributed by atoms with Crippen molar-refractivity contribution in [2.75, 3.05) is 7.05 Å². The van der Waals surface area contributed by atoms with Gasteiger partial charge in [-0.2, -0.15) is 0 Å². The van der Waals surface area contributed by atoms with E-state index in [1.165, 1.54) is 25.5 Å². The Morgan fingerprint density at radius 3 is 2.58 bits per heavy atom. The molecule has 0 saturated carbocycles. The summed E-state index contributed by atoms with van der Waals surface area (Å²) in [6, 6.07) is 4.23. The van der Waals surface area contributed by atoms with Crippen molar-refractivity contribution in [2.24, 2.45) is 16.5 Å². The number of halogens is 1. The van der Waals surface area contributed by atoms with Gasteiger partial charge in [-0.1, -0.05) is 0 Å². The molecule has 0 aromatic carbocycles. The quantitative estimate of drug-likeness (QED) is 0.485. The fraction of sp³-hybridized carbons (Fsp3) is 0.0667. The molecule has 2 amide bonds. The van der Waals surface area contributed by atoms with Gasteiger partial charge in [-0.05, 0) is 18.2 Å². The van der Waals surface area contributed by atoms with E-state index >= 15 is 0 Å². The third-order valence-corrected chi connectivity index (χ3v) is 2.95. The molecular formula is C15H16FN7O. The Labute approximate surface area is 137 Å². The van der Waals surface area contributed by atoms with Crippen LogP contribution in [0.5, 0.6) is 0 Å². The molecule has 2 heterocycles. The number of pyridine rings is 2. The molecule has 24 heavy (non-hydrogen) atoms. The molecule has 0 atom stereocenters. The predicted octanol–water partition coefficient (Wildman–Crippen LogP) is 0.644. The molecule has 0 spiro atoms. The number of hydrogen-bond acceptors (Lipinski definition) is 5. The number of nitrogens with zero attached hydrogens (tertiary/aromatic N) is 3. The zero-order valence-corrected chi connectivity index (χ0v) is 12.8. The molecule has 8 nitrogen and oxygen atoms in total. The number of urea groups is 1. The van der Waals surface area contributed by atoms with Crippen LogP contribution in [0.1, 0.15) is 11.1 Å². The highest BCUT2D eigenvalue weighted by atomic mass is 19.1. The number of nitrogens with one attached hydrogen (secondary N) is 2. The Bertz CT molecular complexity index is 789. The van der Waals surface area contributed by atoms with Crippen LogP contribution < -0.4 is 22.1 Å². The standard InChI is InChI=1S/C15H16FN7O/c1-19-15(24)23-14(18)22-13(9-3-2-5-20-7-9)12(17)10-4-6-21-8-11(10)16/h2-8H,17H2,1H3,(H4,18,19,22,23,24)/b13-12-. The van der Waals surface area contributed by atoms with Crippen LogP contribution in [-0.4, -0.2) is 29.0 Å². The molecule has 0 radical (unpaired) electrons. The van der Waals surface area contributed by atoms with E-state index in [9.17, 15) is 9.18 Å². The van der Waals surface area contributed by atoms with Crippen molar-refractivity contribution in [1.82, 2.24) is 20.6 Å². The molecule has 0 bridgehead atoms. The second-order valence-corrected chi connectivity index (χ2v) is 4.56. The van der Waals surface area contributed by atoms with Crippen molar-refractivity contribution in [3.63, 3.8) is 0 Å². The Morgan fingerprint density at radius 2 is 1.96 bits per heavy atom. The highest BCUT2D eigenvalue weighted by Crippen LogP contribution is 2.24. The summed E-state index contributed by atoms with van der Waals surface area (Å²) in [5.41, 5.74) is 12.6. The highest BCUT2D eigenvalue weighted by molar-refractivity contribution is 6.00. The van der Waals surface area contributed by atoms with Crippen molar-refractivity contribution >= 4 is 23.4 Å². The van der Waals surface area contributed by atoms with Gasteiger partial charge in [-0.3, -0.25) is 15.3 Å². The number of hydrogen-bond donors (Lipinski definition) is 4. The van der Waals surface area contributed by atoms with Gasteiger partial charge in [0.1, 0.15) is 0 Å². The van der Waals surface area contributed by atoms with Gasteiger partial charge in [0.15, 0.2) is 5.82 Å². The molecule has 0 fully saturated rings. The second-order valence-electron chi connectivity index (χ2n) is 4.56. The first-order chi connectivity index (χ1) is 11.5. The van der Waals surface area contributed by atoms with E-state index in [0.717, 1.165) is 6.20 Å². The first-order valence-electron chi connectivity index (χ1n) is 6.86. The molecule has 0 saturated heterocycles. The summed E-state index contributed by atoms with van der Waals surface area (Å²) in [7, 11) is 1.43. The average molecular weight is 329 g/mol. The van der Waals surface area contributed by atoms with E-state index in [1.54, 1.807) is 18.3 Å². The Hall–Kier alpha value is -3.49. The van der Waals surface area contributed by atoms with Gasteiger partial charge < -0.3 is 16.8 Å². The minimum Gasteiger partial charge on any atom is -0.396 e. The maximum atomic E-state index is 14.0. The molecule has 0 aliphatic rings. The van der Waals surface area contributed by atoms with Gasteiger partial charge in [0.05, 0.1) is 17.6 Å². The number of amides is 2. The third-order valence-electron chi connectivity index (χ3n) is 2.95. The number of rotatable bonds is 3. The number of carbonyl (C=O) groups excluding carboxylic acids is 1. The average Bonchev–Trinajstić information content (AvgIpc) is 2.60. The van der Waals surface area contributed by atoms with E-state index in [1.807, 2.05) is 0 Å². The van der Waals surface area contributed by atoms with Crippen LogP contribution in [0.3, 0.4) is 0 Å². The summed E-state index contributed by atoms with van der Waals surface area (Å²) in [4.78, 5) is 23.1. The Morgan fingerprint density at radius 1 is 1.21 bits per heavy atom. The maximum Gasteiger partial charge on any atom is 0.321 e. The van der Waals surface area contributed by atoms with Crippen LogP contribution in [0.25, 0.3) is 11.4 Å². The molecule has 6 N–H and O–H groups in total. The lowest BCUT2D eigenvalue weighted by atomic mass is 10.1. The molecule has 2 rings (SSSR count).